The van der Waals surface area contributed by atoms with Gasteiger partial charge in [0.2, 0.25) is 0 Å². The summed E-state index contributed by atoms with van der Waals surface area (Å²) in [6.07, 6.45) is 1.66. The zero-order valence-corrected chi connectivity index (χ0v) is 20.2. The topological polar surface area (TPSA) is 76.1 Å². The first-order chi connectivity index (χ1) is 16.5. The van der Waals surface area contributed by atoms with Crippen molar-refractivity contribution in [3.63, 3.8) is 0 Å². The predicted molar refractivity (Wildman–Crippen MR) is 134 cm³/mol. The Kier molecular flexibility index (Phi) is 7.85. The number of anilines is 1. The van der Waals surface area contributed by atoms with Gasteiger partial charge >= 0.3 is 6.09 Å². The van der Waals surface area contributed by atoms with E-state index < -0.39 is 6.09 Å². The van der Waals surface area contributed by atoms with Crippen LogP contribution in [0.5, 0.6) is 0 Å². The second-order valence-electron chi connectivity index (χ2n) is 9.34. The second-order valence-corrected chi connectivity index (χ2v) is 9.34. The van der Waals surface area contributed by atoms with Crippen LogP contribution in [0.3, 0.4) is 0 Å². The lowest BCUT2D eigenvalue weighted by atomic mass is 9.95. The summed E-state index contributed by atoms with van der Waals surface area (Å²) < 4.78 is 0. The number of piperazine rings is 1. The Bertz CT molecular complexity index is 978. The summed E-state index contributed by atoms with van der Waals surface area (Å²) in [5.74, 6) is 0.937. The summed E-state index contributed by atoms with van der Waals surface area (Å²) in [6.45, 7) is 10.6. The first-order valence-electron chi connectivity index (χ1n) is 12.4. The molecule has 0 unspecified atom stereocenters. The van der Waals surface area contributed by atoms with Gasteiger partial charge in [0.15, 0.2) is 0 Å². The minimum atomic E-state index is -1.07. The van der Waals surface area contributed by atoms with Gasteiger partial charge in [0.25, 0.3) is 5.91 Å². The molecule has 2 N–H and O–H groups in total. The van der Waals surface area contributed by atoms with Crippen LogP contribution in [0.2, 0.25) is 0 Å². The largest absolute Gasteiger partial charge is 0.465 e. The fourth-order valence-electron chi connectivity index (χ4n) is 4.90. The molecule has 0 radical (unpaired) electrons. The molecular weight excluding hydrogens is 428 g/mol. The number of benzene rings is 2. The van der Waals surface area contributed by atoms with Gasteiger partial charge < -0.3 is 14.9 Å². The number of hydrogen-bond donors (Lipinski definition) is 2. The highest BCUT2D eigenvalue weighted by molar-refractivity contribution is 5.94. The fourth-order valence-corrected chi connectivity index (χ4v) is 4.90. The van der Waals surface area contributed by atoms with E-state index in [0.717, 1.165) is 43.2 Å². The van der Waals surface area contributed by atoms with Gasteiger partial charge in [-0.1, -0.05) is 24.3 Å². The van der Waals surface area contributed by atoms with Crippen molar-refractivity contribution in [1.82, 2.24) is 14.7 Å². The van der Waals surface area contributed by atoms with E-state index in [4.69, 9.17) is 0 Å². The summed E-state index contributed by atoms with van der Waals surface area (Å²) in [5.41, 5.74) is 3.42. The lowest BCUT2D eigenvalue weighted by Gasteiger charge is -2.40. The highest BCUT2D eigenvalue weighted by Crippen LogP contribution is 2.33. The maximum Gasteiger partial charge on any atom is 0.409 e. The van der Waals surface area contributed by atoms with Crippen molar-refractivity contribution >= 4 is 17.7 Å². The van der Waals surface area contributed by atoms with Crippen molar-refractivity contribution in [2.75, 3.05) is 51.1 Å². The lowest BCUT2D eigenvalue weighted by molar-refractivity contribution is 0.0772. The van der Waals surface area contributed by atoms with Gasteiger partial charge in [-0.05, 0) is 68.0 Å². The van der Waals surface area contributed by atoms with Crippen LogP contribution in [-0.4, -0.2) is 77.6 Å². The molecule has 0 bridgehead atoms. The Labute approximate surface area is 202 Å². The molecule has 2 aromatic carbocycles. The van der Waals surface area contributed by atoms with Crippen LogP contribution < -0.4 is 5.32 Å². The standard InChI is InChI=1S/C27H36N4O3/c1-3-30(4-2)26(32)22-12-10-21(11-13-22)25(23-6-5-7-24(18-23)28-27(33)34)31-16-14-29(15-17-31)19-20-8-9-20/h5-7,10-13,18,20,25,28H,3-4,8-9,14-17,19H2,1-2H3,(H,33,34)/t25-/m1/s1. The van der Waals surface area contributed by atoms with Gasteiger partial charge in [-0.3, -0.25) is 15.0 Å². The fraction of sp³-hybridized carbons (Fsp3) is 0.481. The Morgan fingerprint density at radius 1 is 1.00 bits per heavy atom. The van der Waals surface area contributed by atoms with Crippen molar-refractivity contribution in [1.29, 1.82) is 0 Å². The number of rotatable bonds is 9. The summed E-state index contributed by atoms with van der Waals surface area (Å²) >= 11 is 0. The van der Waals surface area contributed by atoms with Crippen LogP contribution >= 0.6 is 0 Å². The highest BCUT2D eigenvalue weighted by Gasteiger charge is 2.30. The van der Waals surface area contributed by atoms with Crippen LogP contribution in [0.25, 0.3) is 0 Å². The third-order valence-corrected chi connectivity index (χ3v) is 6.96. The Morgan fingerprint density at radius 3 is 2.26 bits per heavy atom. The SMILES string of the molecule is CCN(CC)C(=O)c1ccc([C@H](c2cccc(NC(=O)O)c2)N2CCN(CC3CC3)CC2)cc1. The molecule has 182 valence electrons. The van der Waals surface area contributed by atoms with Crippen molar-refractivity contribution in [2.24, 2.45) is 5.92 Å². The number of carboxylic acid groups (broad SMARTS) is 1. The van der Waals surface area contributed by atoms with Gasteiger partial charge in [0, 0.05) is 57.1 Å². The summed E-state index contributed by atoms with van der Waals surface area (Å²) in [5, 5.41) is 11.7. The normalized spacial score (nSPS) is 17.8. The summed E-state index contributed by atoms with van der Waals surface area (Å²) in [4.78, 5) is 30.8. The maximum atomic E-state index is 12.8. The van der Waals surface area contributed by atoms with Crippen LogP contribution in [0.4, 0.5) is 10.5 Å². The van der Waals surface area contributed by atoms with Crippen LogP contribution in [0, 0.1) is 5.92 Å². The van der Waals surface area contributed by atoms with E-state index >= 15 is 0 Å². The molecule has 34 heavy (non-hydrogen) atoms. The summed E-state index contributed by atoms with van der Waals surface area (Å²) in [6, 6.07) is 15.6. The first kappa shape index (κ1) is 24.2. The van der Waals surface area contributed by atoms with E-state index in [9.17, 15) is 14.7 Å². The quantitative estimate of drug-likeness (QED) is 0.576. The second kappa shape index (κ2) is 11.0. The number of amides is 2. The molecule has 7 heteroatoms. The van der Waals surface area contributed by atoms with Crippen LogP contribution in [-0.2, 0) is 0 Å². The molecule has 1 saturated heterocycles. The molecule has 2 amide bonds. The third kappa shape index (κ3) is 5.96. The predicted octanol–water partition coefficient (Wildman–Crippen LogP) is 4.38. The van der Waals surface area contributed by atoms with E-state index in [1.54, 1.807) is 6.07 Å². The first-order valence-corrected chi connectivity index (χ1v) is 12.4. The van der Waals surface area contributed by atoms with Crippen molar-refractivity contribution in [2.45, 2.75) is 32.7 Å². The number of hydrogen-bond acceptors (Lipinski definition) is 4. The molecule has 1 saturated carbocycles. The van der Waals surface area contributed by atoms with E-state index in [1.807, 2.05) is 43.0 Å². The molecule has 1 heterocycles. The zero-order chi connectivity index (χ0) is 24.1. The van der Waals surface area contributed by atoms with Crippen molar-refractivity contribution in [3.05, 3.63) is 65.2 Å². The van der Waals surface area contributed by atoms with Crippen molar-refractivity contribution in [3.8, 4) is 0 Å². The summed E-state index contributed by atoms with van der Waals surface area (Å²) in [7, 11) is 0. The lowest BCUT2D eigenvalue weighted by Crippen LogP contribution is -2.48. The van der Waals surface area contributed by atoms with Gasteiger partial charge in [0.1, 0.15) is 0 Å². The minimum absolute atomic E-state index is 0.00350. The van der Waals surface area contributed by atoms with Gasteiger partial charge in [-0.2, -0.15) is 0 Å². The van der Waals surface area contributed by atoms with Gasteiger partial charge in [0.05, 0.1) is 6.04 Å². The molecular formula is C27H36N4O3. The Balaban J connectivity index is 1.59. The van der Waals surface area contributed by atoms with Crippen molar-refractivity contribution < 1.29 is 14.7 Å². The molecule has 0 spiro atoms. The molecule has 4 rings (SSSR count). The molecule has 1 aliphatic carbocycles. The van der Waals surface area contributed by atoms with Gasteiger partial charge in [-0.15, -0.1) is 0 Å². The molecule has 2 fully saturated rings. The van der Waals surface area contributed by atoms with E-state index in [-0.39, 0.29) is 11.9 Å². The third-order valence-electron chi connectivity index (χ3n) is 6.96. The Morgan fingerprint density at radius 2 is 1.68 bits per heavy atom. The average molecular weight is 465 g/mol. The molecule has 2 aliphatic rings. The van der Waals surface area contributed by atoms with Crippen LogP contribution in [0.15, 0.2) is 48.5 Å². The number of carbonyl (C=O) groups excluding carboxylic acids is 1. The number of carbonyl (C=O) groups is 2. The smallest absolute Gasteiger partial charge is 0.409 e. The van der Waals surface area contributed by atoms with E-state index in [2.05, 4.69) is 33.3 Å². The molecule has 1 atom stereocenters. The van der Waals surface area contributed by atoms with Crippen LogP contribution in [0.1, 0.15) is 54.2 Å². The molecule has 2 aromatic rings. The number of nitrogens with one attached hydrogen (secondary N) is 1. The molecule has 1 aliphatic heterocycles. The van der Waals surface area contributed by atoms with Gasteiger partial charge in [-0.25, -0.2) is 4.79 Å². The average Bonchev–Trinajstić information content (AvgIpc) is 3.65. The maximum absolute atomic E-state index is 12.8. The van der Waals surface area contributed by atoms with E-state index in [1.165, 1.54) is 19.4 Å². The molecule has 0 aromatic heterocycles. The highest BCUT2D eigenvalue weighted by atomic mass is 16.4. The van der Waals surface area contributed by atoms with E-state index in [0.29, 0.717) is 24.3 Å². The number of nitrogens with zero attached hydrogens (tertiary/aromatic N) is 3. The minimum Gasteiger partial charge on any atom is -0.465 e. The zero-order valence-electron chi connectivity index (χ0n) is 20.2. The molecule has 7 nitrogen and oxygen atoms in total. The Hall–Kier alpha value is -2.90. The monoisotopic (exact) mass is 464 g/mol.